The van der Waals surface area contributed by atoms with E-state index in [1.54, 1.807) is 0 Å². The zero-order valence-corrected chi connectivity index (χ0v) is 9.88. The SMILES string of the molecule is CCNc1ccc(CNCC(C)C)cn1. The molecule has 1 aromatic rings. The molecular weight excluding hydrogens is 186 g/mol. The Morgan fingerprint density at radius 3 is 2.67 bits per heavy atom. The average Bonchev–Trinajstić information content (AvgIpc) is 2.20. The van der Waals surface area contributed by atoms with Gasteiger partial charge in [-0.25, -0.2) is 4.98 Å². The van der Waals surface area contributed by atoms with Crippen LogP contribution in [0.2, 0.25) is 0 Å². The van der Waals surface area contributed by atoms with E-state index >= 15 is 0 Å². The van der Waals surface area contributed by atoms with Gasteiger partial charge in [0.2, 0.25) is 0 Å². The van der Waals surface area contributed by atoms with Crippen molar-refractivity contribution in [2.24, 2.45) is 5.92 Å². The third kappa shape index (κ3) is 4.79. The zero-order chi connectivity index (χ0) is 11.1. The maximum atomic E-state index is 4.32. The van der Waals surface area contributed by atoms with Gasteiger partial charge in [0.15, 0.2) is 0 Å². The van der Waals surface area contributed by atoms with E-state index in [1.807, 2.05) is 12.3 Å². The van der Waals surface area contributed by atoms with Crippen molar-refractivity contribution in [1.29, 1.82) is 0 Å². The summed E-state index contributed by atoms with van der Waals surface area (Å²) in [6.45, 7) is 9.35. The Morgan fingerprint density at radius 1 is 1.33 bits per heavy atom. The highest BCUT2D eigenvalue weighted by Gasteiger charge is 1.96. The molecule has 0 unspecified atom stereocenters. The maximum Gasteiger partial charge on any atom is 0.125 e. The van der Waals surface area contributed by atoms with Crippen LogP contribution in [-0.2, 0) is 6.54 Å². The molecule has 0 spiro atoms. The Balaban J connectivity index is 2.36. The van der Waals surface area contributed by atoms with E-state index in [-0.39, 0.29) is 0 Å². The van der Waals surface area contributed by atoms with Crippen molar-refractivity contribution in [3.05, 3.63) is 23.9 Å². The van der Waals surface area contributed by atoms with Gasteiger partial charge in [-0.15, -0.1) is 0 Å². The fraction of sp³-hybridized carbons (Fsp3) is 0.583. The molecule has 2 N–H and O–H groups in total. The van der Waals surface area contributed by atoms with Gasteiger partial charge in [0.05, 0.1) is 0 Å². The van der Waals surface area contributed by atoms with E-state index in [4.69, 9.17) is 0 Å². The minimum atomic E-state index is 0.694. The van der Waals surface area contributed by atoms with Gasteiger partial charge in [-0.1, -0.05) is 19.9 Å². The average molecular weight is 207 g/mol. The number of nitrogens with zero attached hydrogens (tertiary/aromatic N) is 1. The molecule has 1 rings (SSSR count). The van der Waals surface area contributed by atoms with E-state index in [9.17, 15) is 0 Å². The van der Waals surface area contributed by atoms with Crippen LogP contribution in [-0.4, -0.2) is 18.1 Å². The molecule has 0 aliphatic heterocycles. The van der Waals surface area contributed by atoms with Crippen LogP contribution in [0.5, 0.6) is 0 Å². The van der Waals surface area contributed by atoms with E-state index in [0.29, 0.717) is 5.92 Å². The Hall–Kier alpha value is -1.09. The lowest BCUT2D eigenvalue weighted by molar-refractivity contribution is 0.552. The second-order valence-corrected chi connectivity index (χ2v) is 4.11. The van der Waals surface area contributed by atoms with Crippen LogP contribution in [0.3, 0.4) is 0 Å². The topological polar surface area (TPSA) is 37.0 Å². The number of anilines is 1. The van der Waals surface area contributed by atoms with Crippen LogP contribution in [0.25, 0.3) is 0 Å². The van der Waals surface area contributed by atoms with Gasteiger partial charge in [0.25, 0.3) is 0 Å². The van der Waals surface area contributed by atoms with Gasteiger partial charge in [0, 0.05) is 19.3 Å². The number of rotatable bonds is 6. The molecule has 0 aliphatic carbocycles. The highest BCUT2D eigenvalue weighted by atomic mass is 15.0. The lowest BCUT2D eigenvalue weighted by Crippen LogP contribution is -2.19. The molecule has 0 aromatic carbocycles. The number of hydrogen-bond acceptors (Lipinski definition) is 3. The summed E-state index contributed by atoms with van der Waals surface area (Å²) < 4.78 is 0. The predicted molar refractivity (Wildman–Crippen MR) is 64.9 cm³/mol. The molecule has 0 aliphatic rings. The quantitative estimate of drug-likeness (QED) is 0.751. The van der Waals surface area contributed by atoms with Crippen LogP contribution in [0.15, 0.2) is 18.3 Å². The largest absolute Gasteiger partial charge is 0.370 e. The van der Waals surface area contributed by atoms with Gasteiger partial charge in [-0.05, 0) is 31.0 Å². The molecule has 3 nitrogen and oxygen atoms in total. The summed E-state index contributed by atoms with van der Waals surface area (Å²) >= 11 is 0. The van der Waals surface area contributed by atoms with Crippen molar-refractivity contribution in [3.8, 4) is 0 Å². The lowest BCUT2D eigenvalue weighted by atomic mass is 10.2. The standard InChI is InChI=1S/C12H21N3/c1-4-14-12-6-5-11(9-15-12)8-13-7-10(2)3/h5-6,9-10,13H,4,7-8H2,1-3H3,(H,14,15). The molecule has 0 saturated carbocycles. The van der Waals surface area contributed by atoms with Crippen molar-refractivity contribution in [3.63, 3.8) is 0 Å². The molecule has 0 radical (unpaired) electrons. The molecule has 0 bridgehead atoms. The molecule has 1 heterocycles. The first-order valence-electron chi connectivity index (χ1n) is 5.62. The summed E-state index contributed by atoms with van der Waals surface area (Å²) in [4.78, 5) is 4.32. The predicted octanol–water partition coefficient (Wildman–Crippen LogP) is 2.26. The van der Waals surface area contributed by atoms with Crippen molar-refractivity contribution in [2.75, 3.05) is 18.4 Å². The number of pyridine rings is 1. The highest BCUT2D eigenvalue weighted by Crippen LogP contribution is 2.04. The first-order chi connectivity index (χ1) is 7.22. The van der Waals surface area contributed by atoms with Crippen LogP contribution in [0.4, 0.5) is 5.82 Å². The maximum absolute atomic E-state index is 4.32. The molecule has 0 saturated heterocycles. The molecule has 0 amide bonds. The molecule has 0 fully saturated rings. The first-order valence-corrected chi connectivity index (χ1v) is 5.62. The fourth-order valence-electron chi connectivity index (χ4n) is 1.32. The van der Waals surface area contributed by atoms with Gasteiger partial charge in [-0.3, -0.25) is 0 Å². The second-order valence-electron chi connectivity index (χ2n) is 4.11. The highest BCUT2D eigenvalue weighted by molar-refractivity contribution is 5.35. The van der Waals surface area contributed by atoms with Gasteiger partial charge < -0.3 is 10.6 Å². The number of hydrogen-bond donors (Lipinski definition) is 2. The van der Waals surface area contributed by atoms with Crippen molar-refractivity contribution in [2.45, 2.75) is 27.3 Å². The molecule has 3 heteroatoms. The summed E-state index contributed by atoms with van der Waals surface area (Å²) in [7, 11) is 0. The van der Waals surface area contributed by atoms with E-state index in [0.717, 1.165) is 25.5 Å². The van der Waals surface area contributed by atoms with Crippen molar-refractivity contribution < 1.29 is 0 Å². The van der Waals surface area contributed by atoms with Gasteiger partial charge in [0.1, 0.15) is 5.82 Å². The molecule has 1 aromatic heterocycles. The second kappa shape index (κ2) is 6.40. The van der Waals surface area contributed by atoms with E-state index < -0.39 is 0 Å². The summed E-state index contributed by atoms with van der Waals surface area (Å²) in [5, 5.41) is 6.57. The third-order valence-electron chi connectivity index (χ3n) is 2.06. The summed E-state index contributed by atoms with van der Waals surface area (Å²) in [5.74, 6) is 1.64. The van der Waals surface area contributed by atoms with E-state index in [2.05, 4.69) is 42.5 Å². The fourth-order valence-corrected chi connectivity index (χ4v) is 1.32. The summed E-state index contributed by atoms with van der Waals surface area (Å²) in [6.07, 6.45) is 1.92. The van der Waals surface area contributed by atoms with Crippen molar-refractivity contribution in [1.82, 2.24) is 10.3 Å². The molecule has 15 heavy (non-hydrogen) atoms. The number of aromatic nitrogens is 1. The first kappa shape index (κ1) is 12.0. The smallest absolute Gasteiger partial charge is 0.125 e. The lowest BCUT2D eigenvalue weighted by Gasteiger charge is -2.08. The Morgan fingerprint density at radius 2 is 2.13 bits per heavy atom. The minimum Gasteiger partial charge on any atom is -0.370 e. The van der Waals surface area contributed by atoms with Crippen molar-refractivity contribution >= 4 is 5.82 Å². The van der Waals surface area contributed by atoms with Gasteiger partial charge in [-0.2, -0.15) is 0 Å². The van der Waals surface area contributed by atoms with Crippen LogP contribution in [0.1, 0.15) is 26.3 Å². The van der Waals surface area contributed by atoms with Crippen LogP contribution >= 0.6 is 0 Å². The monoisotopic (exact) mass is 207 g/mol. The van der Waals surface area contributed by atoms with E-state index in [1.165, 1.54) is 5.56 Å². The Labute approximate surface area is 92.3 Å². The number of nitrogens with one attached hydrogen (secondary N) is 2. The molecule has 0 atom stereocenters. The van der Waals surface area contributed by atoms with Crippen LogP contribution < -0.4 is 10.6 Å². The zero-order valence-electron chi connectivity index (χ0n) is 9.88. The normalized spacial score (nSPS) is 10.7. The molecular formula is C12H21N3. The van der Waals surface area contributed by atoms with Crippen LogP contribution in [0, 0.1) is 5.92 Å². The Bertz CT molecular complexity index is 267. The molecule has 84 valence electrons. The summed E-state index contributed by atoms with van der Waals surface area (Å²) in [6, 6.07) is 4.13. The third-order valence-corrected chi connectivity index (χ3v) is 2.06. The Kier molecular flexibility index (Phi) is 5.12. The van der Waals surface area contributed by atoms with Gasteiger partial charge >= 0.3 is 0 Å². The summed E-state index contributed by atoms with van der Waals surface area (Å²) in [5.41, 5.74) is 1.23. The minimum absolute atomic E-state index is 0.694.